The van der Waals surface area contributed by atoms with Crippen LogP contribution in [0.5, 0.6) is 0 Å². The Morgan fingerprint density at radius 3 is 2.47 bits per heavy atom. The van der Waals surface area contributed by atoms with Crippen LogP contribution in [0.1, 0.15) is 18.9 Å². The normalized spacial score (nSPS) is 10.5. The summed E-state index contributed by atoms with van der Waals surface area (Å²) >= 11 is 0. The van der Waals surface area contributed by atoms with Crippen LogP contribution >= 0.6 is 0 Å². The van der Waals surface area contributed by atoms with Crippen LogP contribution < -0.4 is 5.73 Å². The number of anilines is 1. The Morgan fingerprint density at radius 2 is 1.82 bits per heavy atom. The van der Waals surface area contributed by atoms with Gasteiger partial charge < -0.3 is 5.73 Å². The van der Waals surface area contributed by atoms with Gasteiger partial charge in [0.2, 0.25) is 0 Å². The Hall–Kier alpha value is -1.83. The molecule has 0 spiro atoms. The first-order valence-electron chi connectivity index (χ1n) is 5.85. The van der Waals surface area contributed by atoms with Crippen molar-refractivity contribution in [1.29, 1.82) is 0 Å². The van der Waals surface area contributed by atoms with Crippen LogP contribution in [0.4, 0.5) is 10.1 Å². The van der Waals surface area contributed by atoms with Crippen molar-refractivity contribution in [3.63, 3.8) is 0 Å². The summed E-state index contributed by atoms with van der Waals surface area (Å²) in [6, 6.07) is 12.7. The summed E-state index contributed by atoms with van der Waals surface area (Å²) in [4.78, 5) is 0. The van der Waals surface area contributed by atoms with Gasteiger partial charge in [-0.1, -0.05) is 43.7 Å². The van der Waals surface area contributed by atoms with E-state index in [4.69, 9.17) is 5.73 Å². The molecule has 17 heavy (non-hydrogen) atoms. The minimum Gasteiger partial charge on any atom is -0.398 e. The van der Waals surface area contributed by atoms with Crippen molar-refractivity contribution < 1.29 is 4.39 Å². The average molecular weight is 229 g/mol. The zero-order chi connectivity index (χ0) is 12.3. The van der Waals surface area contributed by atoms with E-state index in [1.54, 1.807) is 0 Å². The molecular formula is C15H16FN. The Balaban J connectivity index is 2.54. The second-order valence-electron chi connectivity index (χ2n) is 4.14. The van der Waals surface area contributed by atoms with E-state index in [1.165, 1.54) is 12.1 Å². The molecule has 2 aromatic carbocycles. The van der Waals surface area contributed by atoms with Crippen molar-refractivity contribution in [3.8, 4) is 11.1 Å². The lowest BCUT2D eigenvalue weighted by atomic mass is 9.98. The van der Waals surface area contributed by atoms with Gasteiger partial charge in [-0.2, -0.15) is 0 Å². The number of rotatable bonds is 3. The summed E-state index contributed by atoms with van der Waals surface area (Å²) in [5.74, 6) is -0.221. The number of hydrogen-bond donors (Lipinski definition) is 1. The third-order valence-electron chi connectivity index (χ3n) is 2.83. The van der Waals surface area contributed by atoms with Gasteiger partial charge >= 0.3 is 0 Å². The first-order chi connectivity index (χ1) is 8.22. The number of nitrogens with two attached hydrogens (primary N) is 1. The molecule has 0 amide bonds. The standard InChI is InChI=1S/C15H16FN/c1-2-6-12-9-13(16)10-14(15(12)17)11-7-4-3-5-8-11/h3-5,7-10H,2,6,17H2,1H3. The highest BCUT2D eigenvalue weighted by molar-refractivity contribution is 5.78. The second kappa shape index (κ2) is 5.00. The van der Waals surface area contributed by atoms with Crippen LogP contribution in [0, 0.1) is 5.82 Å². The molecule has 1 nitrogen and oxygen atoms in total. The quantitative estimate of drug-likeness (QED) is 0.790. The predicted molar refractivity (Wildman–Crippen MR) is 70.2 cm³/mol. The fourth-order valence-electron chi connectivity index (χ4n) is 2.01. The summed E-state index contributed by atoms with van der Waals surface area (Å²) < 4.78 is 13.6. The summed E-state index contributed by atoms with van der Waals surface area (Å²) in [7, 11) is 0. The van der Waals surface area contributed by atoms with Crippen LogP contribution in [0.15, 0.2) is 42.5 Å². The minimum atomic E-state index is -0.221. The number of aryl methyl sites for hydroxylation is 1. The maximum Gasteiger partial charge on any atom is 0.124 e. The summed E-state index contributed by atoms with van der Waals surface area (Å²) in [6.07, 6.45) is 1.77. The molecule has 0 bridgehead atoms. The largest absolute Gasteiger partial charge is 0.398 e. The van der Waals surface area contributed by atoms with Crippen molar-refractivity contribution in [1.82, 2.24) is 0 Å². The number of hydrogen-bond acceptors (Lipinski definition) is 1. The van der Waals surface area contributed by atoms with E-state index in [0.29, 0.717) is 5.69 Å². The Bertz CT molecular complexity index is 506. The molecule has 0 aliphatic heterocycles. The lowest BCUT2D eigenvalue weighted by Gasteiger charge is -2.11. The molecule has 0 unspecified atom stereocenters. The van der Waals surface area contributed by atoms with Gasteiger partial charge in [-0.25, -0.2) is 4.39 Å². The Kier molecular flexibility index (Phi) is 3.43. The van der Waals surface area contributed by atoms with Gasteiger partial charge in [0.15, 0.2) is 0 Å². The predicted octanol–water partition coefficient (Wildman–Crippen LogP) is 4.03. The van der Waals surface area contributed by atoms with Crippen LogP contribution in [-0.4, -0.2) is 0 Å². The third kappa shape index (κ3) is 2.47. The van der Waals surface area contributed by atoms with E-state index in [0.717, 1.165) is 29.5 Å². The van der Waals surface area contributed by atoms with Crippen LogP contribution in [-0.2, 0) is 6.42 Å². The topological polar surface area (TPSA) is 26.0 Å². The fraction of sp³-hybridized carbons (Fsp3) is 0.200. The molecule has 2 heteroatoms. The molecule has 2 rings (SSSR count). The van der Waals surface area contributed by atoms with Gasteiger partial charge in [0.05, 0.1) is 0 Å². The summed E-state index contributed by atoms with van der Waals surface area (Å²) in [5.41, 5.74) is 9.44. The lowest BCUT2D eigenvalue weighted by Crippen LogP contribution is -1.98. The van der Waals surface area contributed by atoms with Crippen molar-refractivity contribution in [2.45, 2.75) is 19.8 Å². The first-order valence-corrected chi connectivity index (χ1v) is 5.85. The maximum atomic E-state index is 13.6. The molecule has 0 fully saturated rings. The molecular weight excluding hydrogens is 213 g/mol. The van der Waals surface area contributed by atoms with Crippen LogP contribution in [0.3, 0.4) is 0 Å². The molecule has 0 heterocycles. The number of benzene rings is 2. The summed E-state index contributed by atoms with van der Waals surface area (Å²) in [5, 5.41) is 0. The second-order valence-corrected chi connectivity index (χ2v) is 4.14. The van der Waals surface area contributed by atoms with E-state index >= 15 is 0 Å². The zero-order valence-corrected chi connectivity index (χ0v) is 9.91. The average Bonchev–Trinajstić information content (AvgIpc) is 2.35. The van der Waals surface area contributed by atoms with Crippen molar-refractivity contribution in [2.75, 3.05) is 5.73 Å². The highest BCUT2D eigenvalue weighted by Crippen LogP contribution is 2.30. The number of nitrogen functional groups attached to an aromatic ring is 1. The SMILES string of the molecule is CCCc1cc(F)cc(-c2ccccc2)c1N. The van der Waals surface area contributed by atoms with E-state index in [2.05, 4.69) is 6.92 Å². The maximum absolute atomic E-state index is 13.6. The number of halogens is 1. The Morgan fingerprint density at radius 1 is 1.12 bits per heavy atom. The van der Waals surface area contributed by atoms with E-state index in [9.17, 15) is 4.39 Å². The van der Waals surface area contributed by atoms with E-state index < -0.39 is 0 Å². The van der Waals surface area contributed by atoms with E-state index in [1.807, 2.05) is 30.3 Å². The molecule has 0 aromatic heterocycles. The highest BCUT2D eigenvalue weighted by Gasteiger charge is 2.09. The molecule has 0 saturated carbocycles. The molecule has 88 valence electrons. The van der Waals surface area contributed by atoms with Gasteiger partial charge in [0.1, 0.15) is 5.82 Å². The van der Waals surface area contributed by atoms with Gasteiger partial charge in [-0.3, -0.25) is 0 Å². The monoisotopic (exact) mass is 229 g/mol. The molecule has 0 saturated heterocycles. The van der Waals surface area contributed by atoms with Gasteiger partial charge in [-0.15, -0.1) is 0 Å². The highest BCUT2D eigenvalue weighted by atomic mass is 19.1. The zero-order valence-electron chi connectivity index (χ0n) is 9.91. The van der Waals surface area contributed by atoms with Gasteiger partial charge in [0, 0.05) is 11.3 Å². The molecule has 0 aliphatic carbocycles. The van der Waals surface area contributed by atoms with E-state index in [-0.39, 0.29) is 5.82 Å². The fourth-order valence-corrected chi connectivity index (χ4v) is 2.01. The molecule has 0 aliphatic rings. The Labute approximate surface area is 101 Å². The van der Waals surface area contributed by atoms with Gasteiger partial charge in [-0.05, 0) is 29.7 Å². The van der Waals surface area contributed by atoms with Crippen molar-refractivity contribution in [3.05, 3.63) is 53.8 Å². The minimum absolute atomic E-state index is 0.221. The van der Waals surface area contributed by atoms with Crippen LogP contribution in [0.2, 0.25) is 0 Å². The summed E-state index contributed by atoms with van der Waals surface area (Å²) in [6.45, 7) is 2.06. The van der Waals surface area contributed by atoms with Crippen molar-refractivity contribution >= 4 is 5.69 Å². The molecule has 0 atom stereocenters. The van der Waals surface area contributed by atoms with Crippen molar-refractivity contribution in [2.24, 2.45) is 0 Å². The lowest BCUT2D eigenvalue weighted by molar-refractivity contribution is 0.626. The smallest absolute Gasteiger partial charge is 0.124 e. The molecule has 2 aromatic rings. The molecule has 2 N–H and O–H groups in total. The molecule has 0 radical (unpaired) electrons. The third-order valence-corrected chi connectivity index (χ3v) is 2.83. The van der Waals surface area contributed by atoms with Gasteiger partial charge in [0.25, 0.3) is 0 Å². The first kappa shape index (κ1) is 11.6. The van der Waals surface area contributed by atoms with Crippen LogP contribution in [0.25, 0.3) is 11.1 Å².